The van der Waals surface area contributed by atoms with E-state index in [0.717, 1.165) is 58.7 Å². The van der Waals surface area contributed by atoms with Crippen molar-refractivity contribution in [3.05, 3.63) is 136 Å². The summed E-state index contributed by atoms with van der Waals surface area (Å²) in [6.45, 7) is 0. The first kappa shape index (κ1) is 26.5. The number of rotatable bonds is 6. The van der Waals surface area contributed by atoms with Gasteiger partial charge < -0.3 is 9.47 Å². The number of allylic oxidation sites excluding steroid dienone is 2. The lowest BCUT2D eigenvalue weighted by molar-refractivity contribution is -0.384. The van der Waals surface area contributed by atoms with Crippen LogP contribution in [0.15, 0.2) is 99.4 Å². The zero-order valence-electron chi connectivity index (χ0n) is 22.6. The molecule has 0 radical (unpaired) electrons. The van der Waals surface area contributed by atoms with Crippen molar-refractivity contribution in [2.45, 2.75) is 25.3 Å². The van der Waals surface area contributed by atoms with Gasteiger partial charge in [0.25, 0.3) is 11.2 Å². The van der Waals surface area contributed by atoms with E-state index in [2.05, 4.69) is 6.08 Å². The summed E-state index contributed by atoms with van der Waals surface area (Å²) in [7, 11) is 3.29. The van der Waals surface area contributed by atoms with E-state index < -0.39 is 4.92 Å². The molecule has 2 aliphatic rings. The van der Waals surface area contributed by atoms with Crippen molar-refractivity contribution >= 4 is 29.2 Å². The summed E-state index contributed by atoms with van der Waals surface area (Å²) >= 11 is 1.33. The van der Waals surface area contributed by atoms with E-state index in [1.165, 1.54) is 23.5 Å². The Balaban J connectivity index is 1.52. The molecular formula is C32H27N3O5S. The van der Waals surface area contributed by atoms with Crippen LogP contribution >= 0.6 is 11.3 Å². The number of non-ortho nitro benzene ring substituents is 1. The number of aromatic nitrogens is 1. The highest BCUT2D eigenvalue weighted by Crippen LogP contribution is 2.41. The van der Waals surface area contributed by atoms with E-state index in [-0.39, 0.29) is 17.3 Å². The molecule has 0 N–H and O–H groups in total. The lowest BCUT2D eigenvalue weighted by Gasteiger charge is -2.31. The second kappa shape index (κ2) is 11.0. The lowest BCUT2D eigenvalue weighted by atomic mass is 9.84. The Morgan fingerprint density at radius 2 is 1.51 bits per heavy atom. The summed E-state index contributed by atoms with van der Waals surface area (Å²) in [5.74, 6) is 1.55. The molecule has 1 atom stereocenters. The third kappa shape index (κ3) is 5.12. The van der Waals surface area contributed by atoms with Crippen molar-refractivity contribution < 1.29 is 14.4 Å². The standard InChI is InChI=1S/C32H27N3O5S/c1-39-25-14-8-20(9-15-25)18-23-4-3-5-27-29(23)33-32-34(30(27)22-10-16-26(40-2)17-11-22)31(36)28(41-32)19-21-6-12-24(13-7-21)35(37)38/h6-19,30H,3-5H2,1-2H3/b23-18-,28-19?/t30-/m0/s1. The molecule has 41 heavy (non-hydrogen) atoms. The summed E-state index contributed by atoms with van der Waals surface area (Å²) in [6, 6.07) is 21.7. The van der Waals surface area contributed by atoms with Crippen molar-refractivity contribution in [3.63, 3.8) is 0 Å². The molecule has 2 heterocycles. The van der Waals surface area contributed by atoms with Crippen molar-refractivity contribution in [3.8, 4) is 11.5 Å². The van der Waals surface area contributed by atoms with E-state index in [4.69, 9.17) is 14.5 Å². The van der Waals surface area contributed by atoms with Gasteiger partial charge in [0.15, 0.2) is 4.80 Å². The molecule has 1 aliphatic heterocycles. The summed E-state index contributed by atoms with van der Waals surface area (Å²) in [5, 5.41) is 11.1. The predicted molar refractivity (Wildman–Crippen MR) is 159 cm³/mol. The van der Waals surface area contributed by atoms with Crippen LogP contribution in [-0.2, 0) is 0 Å². The van der Waals surface area contributed by atoms with Crippen LogP contribution in [0.25, 0.3) is 12.2 Å². The first-order valence-electron chi connectivity index (χ1n) is 13.2. The molecule has 0 amide bonds. The Hall–Kier alpha value is -4.76. The molecule has 0 unspecified atom stereocenters. The molecule has 0 spiro atoms. The molecule has 6 rings (SSSR count). The fourth-order valence-electron chi connectivity index (χ4n) is 5.39. The molecular weight excluding hydrogens is 538 g/mol. The third-order valence-corrected chi connectivity index (χ3v) is 8.41. The van der Waals surface area contributed by atoms with Gasteiger partial charge in [0.2, 0.25) is 0 Å². The zero-order chi connectivity index (χ0) is 28.5. The number of nitrogens with zero attached hydrogens (tertiary/aromatic N) is 3. The van der Waals surface area contributed by atoms with Crippen LogP contribution in [0.4, 0.5) is 5.69 Å². The van der Waals surface area contributed by atoms with Crippen LogP contribution < -0.4 is 24.4 Å². The average Bonchev–Trinajstić information content (AvgIpc) is 3.31. The first-order chi connectivity index (χ1) is 19.9. The Morgan fingerprint density at radius 3 is 2.15 bits per heavy atom. The van der Waals surface area contributed by atoms with Crippen LogP contribution in [0.1, 0.15) is 42.0 Å². The largest absolute Gasteiger partial charge is 0.497 e. The zero-order valence-corrected chi connectivity index (χ0v) is 23.4. The molecule has 4 aromatic rings. The van der Waals surface area contributed by atoms with Crippen LogP contribution in [0, 0.1) is 10.1 Å². The number of nitro benzene ring substituents is 1. The number of hydrogen-bond donors (Lipinski definition) is 0. The average molecular weight is 566 g/mol. The number of fused-ring (bicyclic) bond motifs is 1. The van der Waals surface area contributed by atoms with Crippen molar-refractivity contribution in [2.75, 3.05) is 14.2 Å². The van der Waals surface area contributed by atoms with Gasteiger partial charge in [-0.05, 0) is 95.6 Å². The molecule has 3 aromatic carbocycles. The van der Waals surface area contributed by atoms with Gasteiger partial charge in [-0.1, -0.05) is 35.6 Å². The third-order valence-electron chi connectivity index (χ3n) is 7.42. The molecule has 8 nitrogen and oxygen atoms in total. The number of methoxy groups -OCH3 is 2. The predicted octanol–water partition coefficient (Wildman–Crippen LogP) is 5.41. The first-order valence-corrected chi connectivity index (χ1v) is 14.0. The SMILES string of the molecule is COc1ccc(/C=C2/CCCC3=C2N=c2sc(=Cc4ccc([N+](=O)[O-])cc4)c(=O)n2[C@H]3c2ccc(OC)cc2)cc1. The molecule has 9 heteroatoms. The van der Waals surface area contributed by atoms with Crippen molar-refractivity contribution in [2.24, 2.45) is 4.99 Å². The Morgan fingerprint density at radius 1 is 0.902 bits per heavy atom. The minimum Gasteiger partial charge on any atom is -0.497 e. The number of benzene rings is 3. The summed E-state index contributed by atoms with van der Waals surface area (Å²) in [5.41, 5.74) is 5.84. The Bertz CT molecular complexity index is 1870. The Labute approximate surface area is 240 Å². The second-order valence-corrected chi connectivity index (χ2v) is 10.9. The molecule has 0 saturated carbocycles. The van der Waals surface area contributed by atoms with Crippen LogP contribution in [0.3, 0.4) is 0 Å². The van der Waals surface area contributed by atoms with Gasteiger partial charge >= 0.3 is 0 Å². The van der Waals surface area contributed by atoms with Gasteiger partial charge in [-0.15, -0.1) is 0 Å². The maximum absolute atomic E-state index is 13.9. The van der Waals surface area contributed by atoms with Gasteiger partial charge in [0.05, 0.1) is 35.4 Å². The van der Waals surface area contributed by atoms with Crippen LogP contribution in [0.5, 0.6) is 11.5 Å². The summed E-state index contributed by atoms with van der Waals surface area (Å²) in [4.78, 5) is 30.3. The maximum atomic E-state index is 13.9. The van der Waals surface area contributed by atoms with E-state index in [9.17, 15) is 14.9 Å². The quantitative estimate of drug-likeness (QED) is 0.230. The van der Waals surface area contributed by atoms with E-state index >= 15 is 0 Å². The van der Waals surface area contributed by atoms with Crippen LogP contribution in [0.2, 0.25) is 0 Å². The van der Waals surface area contributed by atoms with E-state index in [1.54, 1.807) is 37.0 Å². The maximum Gasteiger partial charge on any atom is 0.271 e. The molecule has 0 saturated heterocycles. The lowest BCUT2D eigenvalue weighted by Crippen LogP contribution is -2.39. The normalized spacial score (nSPS) is 17.6. The molecule has 0 fully saturated rings. The molecule has 1 aromatic heterocycles. The second-order valence-electron chi connectivity index (χ2n) is 9.87. The van der Waals surface area contributed by atoms with Gasteiger partial charge in [-0.3, -0.25) is 19.5 Å². The monoisotopic (exact) mass is 565 g/mol. The minimum absolute atomic E-state index is 0.00645. The molecule has 0 bridgehead atoms. The fourth-order valence-corrected chi connectivity index (χ4v) is 6.39. The molecule has 1 aliphatic carbocycles. The summed E-state index contributed by atoms with van der Waals surface area (Å²) < 4.78 is 13.0. The highest BCUT2D eigenvalue weighted by Gasteiger charge is 2.32. The number of hydrogen-bond acceptors (Lipinski definition) is 7. The van der Waals surface area contributed by atoms with Crippen molar-refractivity contribution in [1.82, 2.24) is 4.57 Å². The van der Waals surface area contributed by atoms with Gasteiger partial charge in [0.1, 0.15) is 11.5 Å². The van der Waals surface area contributed by atoms with Crippen molar-refractivity contribution in [1.29, 1.82) is 0 Å². The number of nitro groups is 1. The van der Waals surface area contributed by atoms with Gasteiger partial charge in [0, 0.05) is 12.1 Å². The minimum atomic E-state index is -0.436. The van der Waals surface area contributed by atoms with E-state index in [0.29, 0.717) is 14.9 Å². The van der Waals surface area contributed by atoms with Gasteiger partial charge in [-0.2, -0.15) is 0 Å². The number of ether oxygens (including phenoxy) is 2. The number of thiazole rings is 1. The van der Waals surface area contributed by atoms with E-state index in [1.807, 2.05) is 48.5 Å². The molecule has 206 valence electrons. The highest BCUT2D eigenvalue weighted by molar-refractivity contribution is 7.07. The fraction of sp³-hybridized carbons (Fsp3) is 0.188. The topological polar surface area (TPSA) is 96.0 Å². The Kier molecular flexibility index (Phi) is 7.11. The van der Waals surface area contributed by atoms with Crippen LogP contribution in [-0.4, -0.2) is 23.7 Å². The van der Waals surface area contributed by atoms with Gasteiger partial charge in [-0.25, -0.2) is 4.99 Å². The summed E-state index contributed by atoms with van der Waals surface area (Å²) in [6.07, 6.45) is 6.63. The highest BCUT2D eigenvalue weighted by atomic mass is 32.1. The smallest absolute Gasteiger partial charge is 0.271 e.